The lowest BCUT2D eigenvalue weighted by atomic mass is 9.95. The largest absolute Gasteiger partial charge is 0.315 e. The summed E-state index contributed by atoms with van der Waals surface area (Å²) in [6, 6.07) is 0.222. The van der Waals surface area contributed by atoms with E-state index in [1.807, 2.05) is 6.92 Å². The molecule has 0 amide bonds. The second kappa shape index (κ2) is 7.02. The van der Waals surface area contributed by atoms with Crippen molar-refractivity contribution in [3.8, 4) is 0 Å². The van der Waals surface area contributed by atoms with E-state index >= 15 is 0 Å². The number of nitrogens with one attached hydrogen (secondary N) is 1. The molecule has 0 bridgehead atoms. The van der Waals surface area contributed by atoms with Crippen LogP contribution in [0.25, 0.3) is 0 Å². The Kier molecular flexibility index (Phi) is 5.62. The van der Waals surface area contributed by atoms with Crippen molar-refractivity contribution in [1.82, 2.24) is 13.9 Å². The summed E-state index contributed by atoms with van der Waals surface area (Å²) < 4.78 is 29.0. The molecule has 2 aliphatic rings. The van der Waals surface area contributed by atoms with Crippen LogP contribution in [-0.4, -0.2) is 55.8 Å². The lowest BCUT2D eigenvalue weighted by molar-refractivity contribution is 0.242. The van der Waals surface area contributed by atoms with Crippen molar-refractivity contribution in [3.63, 3.8) is 0 Å². The topological polar surface area (TPSA) is 52.7 Å². The average Bonchev–Trinajstić information content (AvgIpc) is 2.70. The van der Waals surface area contributed by atoms with Crippen molar-refractivity contribution in [2.75, 3.05) is 32.7 Å². The van der Waals surface area contributed by atoms with E-state index in [-0.39, 0.29) is 6.04 Å². The molecular formula is C13H27N3O2S. The smallest absolute Gasteiger partial charge is 0.282 e. The molecule has 1 heterocycles. The first-order valence-corrected chi connectivity index (χ1v) is 9.03. The fraction of sp³-hybridized carbons (Fsp3) is 1.00. The Balaban J connectivity index is 2.09. The molecule has 2 fully saturated rings. The van der Waals surface area contributed by atoms with Gasteiger partial charge in [0.05, 0.1) is 0 Å². The maximum atomic E-state index is 12.8. The Morgan fingerprint density at radius 1 is 1.11 bits per heavy atom. The van der Waals surface area contributed by atoms with Crippen LogP contribution < -0.4 is 5.32 Å². The van der Waals surface area contributed by atoms with Gasteiger partial charge in [-0.25, -0.2) is 0 Å². The minimum absolute atomic E-state index is 0.222. The Hall–Kier alpha value is -0.170. The van der Waals surface area contributed by atoms with Crippen LogP contribution in [0.5, 0.6) is 0 Å². The van der Waals surface area contributed by atoms with Crippen molar-refractivity contribution in [2.45, 2.75) is 51.5 Å². The van der Waals surface area contributed by atoms with Crippen LogP contribution in [0.3, 0.4) is 0 Å². The fourth-order valence-electron chi connectivity index (χ4n) is 3.18. The number of nitrogens with zero attached hydrogens (tertiary/aromatic N) is 2. The van der Waals surface area contributed by atoms with E-state index in [2.05, 4.69) is 5.32 Å². The Morgan fingerprint density at radius 3 is 2.53 bits per heavy atom. The highest BCUT2D eigenvalue weighted by atomic mass is 32.2. The second-order valence-corrected chi connectivity index (χ2v) is 7.39. The van der Waals surface area contributed by atoms with Crippen LogP contribution >= 0.6 is 0 Å². The summed E-state index contributed by atoms with van der Waals surface area (Å²) in [5.74, 6) is 0. The van der Waals surface area contributed by atoms with E-state index in [0.29, 0.717) is 19.6 Å². The molecule has 1 aliphatic carbocycles. The monoisotopic (exact) mass is 289 g/mol. The molecule has 1 aliphatic heterocycles. The normalized spacial score (nSPS) is 24.5. The van der Waals surface area contributed by atoms with Crippen LogP contribution in [0.2, 0.25) is 0 Å². The van der Waals surface area contributed by atoms with Gasteiger partial charge in [0.15, 0.2) is 0 Å². The maximum absolute atomic E-state index is 12.8. The number of hydrogen-bond donors (Lipinski definition) is 1. The van der Waals surface area contributed by atoms with Gasteiger partial charge in [0.2, 0.25) is 0 Å². The molecule has 0 aromatic carbocycles. The van der Waals surface area contributed by atoms with Gasteiger partial charge in [-0.3, -0.25) is 0 Å². The SMILES string of the molecule is CCN(C1CCCCC1)S(=O)(=O)N1CCCNCC1. The van der Waals surface area contributed by atoms with Crippen LogP contribution in [0.15, 0.2) is 0 Å². The third-order valence-electron chi connectivity index (χ3n) is 4.22. The van der Waals surface area contributed by atoms with Crippen LogP contribution in [0.4, 0.5) is 0 Å². The van der Waals surface area contributed by atoms with Crippen molar-refractivity contribution < 1.29 is 8.42 Å². The molecule has 0 spiro atoms. The molecule has 19 heavy (non-hydrogen) atoms. The molecule has 0 atom stereocenters. The molecular weight excluding hydrogens is 262 g/mol. The van der Waals surface area contributed by atoms with Crippen molar-refractivity contribution in [3.05, 3.63) is 0 Å². The summed E-state index contributed by atoms with van der Waals surface area (Å²) in [6.07, 6.45) is 6.54. The van der Waals surface area contributed by atoms with Crippen molar-refractivity contribution in [2.24, 2.45) is 0 Å². The molecule has 6 heteroatoms. The van der Waals surface area contributed by atoms with Gasteiger partial charge in [-0.2, -0.15) is 17.0 Å². The molecule has 112 valence electrons. The molecule has 1 N–H and O–H groups in total. The van der Waals surface area contributed by atoms with E-state index in [1.165, 1.54) is 6.42 Å². The summed E-state index contributed by atoms with van der Waals surface area (Å²) in [5.41, 5.74) is 0. The summed E-state index contributed by atoms with van der Waals surface area (Å²) in [7, 11) is -3.27. The minimum atomic E-state index is -3.27. The first-order chi connectivity index (χ1) is 9.16. The molecule has 1 saturated heterocycles. The second-order valence-electron chi connectivity index (χ2n) is 5.51. The summed E-state index contributed by atoms with van der Waals surface area (Å²) in [5, 5.41) is 3.26. The van der Waals surface area contributed by atoms with Crippen LogP contribution in [0.1, 0.15) is 45.4 Å². The lowest BCUT2D eigenvalue weighted by Crippen LogP contribution is -2.49. The third-order valence-corrected chi connectivity index (χ3v) is 6.38. The zero-order valence-corrected chi connectivity index (χ0v) is 12.8. The standard InChI is InChI=1S/C13H27N3O2S/c1-2-16(13-7-4-3-5-8-13)19(17,18)15-11-6-9-14-10-12-15/h13-14H,2-12H2,1H3. The van der Waals surface area contributed by atoms with Gasteiger partial charge in [-0.15, -0.1) is 0 Å². The Labute approximate surface area is 117 Å². The summed E-state index contributed by atoms with van der Waals surface area (Å²) >= 11 is 0. The zero-order chi connectivity index (χ0) is 13.7. The average molecular weight is 289 g/mol. The first kappa shape index (κ1) is 15.2. The van der Waals surface area contributed by atoms with Crippen LogP contribution in [0, 0.1) is 0 Å². The molecule has 5 nitrogen and oxygen atoms in total. The molecule has 0 aromatic rings. The molecule has 0 aromatic heterocycles. The maximum Gasteiger partial charge on any atom is 0.282 e. The van der Waals surface area contributed by atoms with Gasteiger partial charge < -0.3 is 5.32 Å². The highest BCUT2D eigenvalue weighted by Gasteiger charge is 2.34. The van der Waals surface area contributed by atoms with Gasteiger partial charge in [0, 0.05) is 32.2 Å². The first-order valence-electron chi connectivity index (χ1n) is 7.64. The number of hydrogen-bond acceptors (Lipinski definition) is 3. The third kappa shape index (κ3) is 3.68. The van der Waals surface area contributed by atoms with Gasteiger partial charge in [-0.05, 0) is 25.8 Å². The molecule has 1 saturated carbocycles. The predicted octanol–water partition coefficient (Wildman–Crippen LogP) is 1.18. The Morgan fingerprint density at radius 2 is 1.84 bits per heavy atom. The lowest BCUT2D eigenvalue weighted by Gasteiger charge is -2.36. The molecule has 0 unspecified atom stereocenters. The van der Waals surface area contributed by atoms with E-state index in [1.54, 1.807) is 8.61 Å². The Bertz CT molecular complexity index is 358. The zero-order valence-electron chi connectivity index (χ0n) is 12.0. The van der Waals surface area contributed by atoms with Crippen LogP contribution in [-0.2, 0) is 10.2 Å². The predicted molar refractivity (Wildman–Crippen MR) is 77.2 cm³/mol. The quantitative estimate of drug-likeness (QED) is 0.845. The fourth-order valence-corrected chi connectivity index (χ4v) is 5.07. The molecule has 2 rings (SSSR count). The van der Waals surface area contributed by atoms with Gasteiger partial charge in [0.1, 0.15) is 0 Å². The van der Waals surface area contributed by atoms with E-state index in [0.717, 1.165) is 45.2 Å². The van der Waals surface area contributed by atoms with E-state index in [4.69, 9.17) is 0 Å². The molecule has 0 radical (unpaired) electrons. The number of rotatable bonds is 4. The van der Waals surface area contributed by atoms with Gasteiger partial charge in [0.25, 0.3) is 10.2 Å². The highest BCUT2D eigenvalue weighted by Crippen LogP contribution is 2.26. The van der Waals surface area contributed by atoms with Crippen molar-refractivity contribution >= 4 is 10.2 Å². The van der Waals surface area contributed by atoms with E-state index in [9.17, 15) is 8.42 Å². The summed E-state index contributed by atoms with van der Waals surface area (Å²) in [4.78, 5) is 0. The van der Waals surface area contributed by atoms with E-state index < -0.39 is 10.2 Å². The van der Waals surface area contributed by atoms with Gasteiger partial charge >= 0.3 is 0 Å². The highest BCUT2D eigenvalue weighted by molar-refractivity contribution is 7.86. The summed E-state index contributed by atoms with van der Waals surface area (Å²) in [6.45, 7) is 5.49. The van der Waals surface area contributed by atoms with Crippen molar-refractivity contribution in [1.29, 1.82) is 0 Å². The minimum Gasteiger partial charge on any atom is -0.315 e. The van der Waals surface area contributed by atoms with Gasteiger partial charge in [-0.1, -0.05) is 26.2 Å².